The number of rotatable bonds is 2. The van der Waals surface area contributed by atoms with Crippen LogP contribution in [-0.2, 0) is 10.0 Å². The molecule has 0 amide bonds. The maximum atomic E-state index is 12.3. The maximum Gasteiger partial charge on any atom is 0.270 e. The smallest absolute Gasteiger partial charge is 0.270 e. The molecule has 0 saturated heterocycles. The van der Waals surface area contributed by atoms with Gasteiger partial charge in [0.1, 0.15) is 10.5 Å². The highest BCUT2D eigenvalue weighted by Crippen LogP contribution is 2.28. The molecule has 1 heterocycles. The second kappa shape index (κ2) is 3.59. The topological polar surface area (TPSA) is 113 Å². The van der Waals surface area contributed by atoms with E-state index in [4.69, 9.17) is 5.11 Å². The summed E-state index contributed by atoms with van der Waals surface area (Å²) < 4.78 is 46.4. The Morgan fingerprint density at radius 3 is 2.33 bits per heavy atom. The van der Waals surface area contributed by atoms with Crippen LogP contribution in [0.2, 0.25) is 0 Å². The van der Waals surface area contributed by atoms with Gasteiger partial charge in [-0.1, -0.05) is 0 Å². The molecule has 0 aliphatic carbocycles. The summed E-state index contributed by atoms with van der Waals surface area (Å²) >= 11 is 0. The highest BCUT2D eigenvalue weighted by atomic mass is 32.2. The Morgan fingerprint density at radius 1 is 1.47 bits per heavy atom. The van der Waals surface area contributed by atoms with E-state index in [1.807, 2.05) is 0 Å². The molecule has 4 N–H and O–H groups in total. The van der Waals surface area contributed by atoms with Crippen LogP contribution in [0.15, 0.2) is 15.9 Å². The van der Waals surface area contributed by atoms with Gasteiger partial charge in [0.25, 0.3) is 12.0 Å². The molecule has 0 spiro atoms. The minimum absolute atomic E-state index is 0.577. The number of H-pyrrole nitrogens is 1. The van der Waals surface area contributed by atoms with E-state index in [9.17, 15) is 22.0 Å². The van der Waals surface area contributed by atoms with E-state index >= 15 is 0 Å². The van der Waals surface area contributed by atoms with E-state index in [1.165, 1.54) is 0 Å². The fraction of sp³-hybridized carbons (Fsp3) is 0.167. The van der Waals surface area contributed by atoms with Crippen molar-refractivity contribution in [3.05, 3.63) is 22.1 Å². The quantitative estimate of drug-likeness (QED) is 0.656. The summed E-state index contributed by atoms with van der Waals surface area (Å²) in [5, 5.41) is 13.6. The molecule has 0 fully saturated rings. The molecule has 15 heavy (non-hydrogen) atoms. The number of hydrogen-bond acceptors (Lipinski definition) is 4. The molecule has 1 rings (SSSR count). The summed E-state index contributed by atoms with van der Waals surface area (Å²) in [5.41, 5.74) is -2.68. The number of nitrogens with one attached hydrogen (secondary N) is 1. The van der Waals surface area contributed by atoms with Gasteiger partial charge in [-0.2, -0.15) is 0 Å². The van der Waals surface area contributed by atoms with Crippen molar-refractivity contribution in [3.8, 4) is 5.75 Å². The molecule has 84 valence electrons. The third-order valence-corrected chi connectivity index (χ3v) is 2.56. The Hall–Kier alpha value is -1.48. The Morgan fingerprint density at radius 2 is 2.00 bits per heavy atom. The van der Waals surface area contributed by atoms with Crippen LogP contribution in [0.4, 0.5) is 8.78 Å². The number of nitrogens with two attached hydrogens (primary N) is 1. The predicted octanol–water partition coefficient (Wildman–Crippen LogP) is -0.334. The van der Waals surface area contributed by atoms with Crippen molar-refractivity contribution in [2.45, 2.75) is 11.3 Å². The lowest BCUT2D eigenvalue weighted by Crippen LogP contribution is -2.22. The van der Waals surface area contributed by atoms with Crippen LogP contribution in [-0.4, -0.2) is 18.5 Å². The molecule has 0 radical (unpaired) electrons. The average molecular weight is 240 g/mol. The summed E-state index contributed by atoms with van der Waals surface area (Å²) in [6.07, 6.45) is -2.78. The van der Waals surface area contributed by atoms with Gasteiger partial charge in [0, 0.05) is 6.20 Å². The van der Waals surface area contributed by atoms with Gasteiger partial charge >= 0.3 is 0 Å². The van der Waals surface area contributed by atoms with E-state index in [2.05, 4.69) is 5.14 Å². The summed E-state index contributed by atoms with van der Waals surface area (Å²) in [5.74, 6) is -1.02. The largest absolute Gasteiger partial charge is 0.505 e. The molecule has 0 aromatic carbocycles. The molecule has 0 bridgehead atoms. The minimum atomic E-state index is -4.58. The summed E-state index contributed by atoms with van der Waals surface area (Å²) in [6, 6.07) is 0. The van der Waals surface area contributed by atoms with E-state index in [0.29, 0.717) is 6.20 Å². The zero-order valence-corrected chi connectivity index (χ0v) is 7.88. The zero-order chi connectivity index (χ0) is 11.8. The highest BCUT2D eigenvalue weighted by Gasteiger charge is 2.27. The molecule has 0 saturated carbocycles. The van der Waals surface area contributed by atoms with Crippen LogP contribution in [0.5, 0.6) is 5.75 Å². The third kappa shape index (κ3) is 2.13. The van der Waals surface area contributed by atoms with Crippen LogP contribution in [0, 0.1) is 0 Å². The van der Waals surface area contributed by atoms with Crippen molar-refractivity contribution in [1.29, 1.82) is 0 Å². The number of pyridine rings is 1. The molecule has 1 aromatic rings. The van der Waals surface area contributed by atoms with Gasteiger partial charge in [0.15, 0.2) is 5.75 Å². The fourth-order valence-electron chi connectivity index (χ4n) is 1.02. The number of aromatic hydroxyl groups is 1. The van der Waals surface area contributed by atoms with Gasteiger partial charge < -0.3 is 10.1 Å². The lowest BCUT2D eigenvalue weighted by Gasteiger charge is -2.06. The predicted molar refractivity (Wildman–Crippen MR) is 45.1 cm³/mol. The number of primary sulfonamides is 1. The first-order valence-electron chi connectivity index (χ1n) is 3.50. The number of hydrogen-bond donors (Lipinski definition) is 3. The Balaban J connectivity index is 3.77. The monoisotopic (exact) mass is 240 g/mol. The van der Waals surface area contributed by atoms with Crippen LogP contribution >= 0.6 is 0 Å². The van der Waals surface area contributed by atoms with Crippen LogP contribution in [0.25, 0.3) is 0 Å². The lowest BCUT2D eigenvalue weighted by molar-refractivity contribution is 0.145. The number of aromatic amines is 1. The molecule has 0 aliphatic heterocycles. The van der Waals surface area contributed by atoms with Gasteiger partial charge in [-0.3, -0.25) is 4.79 Å². The standard InChI is InChI=1S/C6H6F2N2O4S/c7-5(8)3-4(15(9,13)14)2(11)1-10-6(3)12/h1,5,11H,(H,10,12)(H2,9,13,14). The van der Waals surface area contributed by atoms with E-state index in [1.54, 1.807) is 4.98 Å². The second-order valence-electron chi connectivity index (χ2n) is 2.59. The van der Waals surface area contributed by atoms with Gasteiger partial charge in [-0.25, -0.2) is 22.3 Å². The molecule has 0 aliphatic rings. The third-order valence-electron chi connectivity index (χ3n) is 1.56. The van der Waals surface area contributed by atoms with Crippen molar-refractivity contribution < 1.29 is 22.3 Å². The van der Waals surface area contributed by atoms with Crippen LogP contribution < -0.4 is 10.7 Å². The summed E-state index contributed by atoms with van der Waals surface area (Å²) in [4.78, 5) is 11.4. The van der Waals surface area contributed by atoms with Crippen molar-refractivity contribution >= 4 is 10.0 Å². The minimum Gasteiger partial charge on any atom is -0.505 e. The first kappa shape index (κ1) is 11.6. The number of aromatic nitrogens is 1. The van der Waals surface area contributed by atoms with Crippen LogP contribution in [0.3, 0.4) is 0 Å². The first-order valence-corrected chi connectivity index (χ1v) is 5.05. The van der Waals surface area contributed by atoms with Crippen molar-refractivity contribution in [1.82, 2.24) is 4.98 Å². The zero-order valence-electron chi connectivity index (χ0n) is 7.07. The van der Waals surface area contributed by atoms with Crippen molar-refractivity contribution in [3.63, 3.8) is 0 Å². The van der Waals surface area contributed by atoms with Gasteiger partial charge in [0.2, 0.25) is 10.0 Å². The molecule has 0 atom stereocenters. The maximum absolute atomic E-state index is 12.3. The van der Waals surface area contributed by atoms with E-state index < -0.39 is 38.2 Å². The lowest BCUT2D eigenvalue weighted by atomic mass is 10.3. The number of sulfonamides is 1. The molecule has 9 heteroatoms. The van der Waals surface area contributed by atoms with Gasteiger partial charge in [-0.15, -0.1) is 0 Å². The van der Waals surface area contributed by atoms with Gasteiger partial charge in [0.05, 0.1) is 0 Å². The average Bonchev–Trinajstić information content (AvgIpc) is 2.05. The van der Waals surface area contributed by atoms with E-state index in [-0.39, 0.29) is 0 Å². The Bertz CT molecular complexity index is 537. The SMILES string of the molecule is NS(=O)(=O)c1c(O)c[nH]c(=O)c1C(F)F. The normalized spacial score (nSPS) is 12.0. The second-order valence-corrected chi connectivity index (χ2v) is 4.09. The van der Waals surface area contributed by atoms with Crippen molar-refractivity contribution in [2.75, 3.05) is 0 Å². The molecular weight excluding hydrogens is 234 g/mol. The summed E-state index contributed by atoms with van der Waals surface area (Å²) in [6.45, 7) is 0. The van der Waals surface area contributed by atoms with E-state index in [0.717, 1.165) is 0 Å². The highest BCUT2D eigenvalue weighted by molar-refractivity contribution is 7.89. The summed E-state index contributed by atoms with van der Waals surface area (Å²) in [7, 11) is -4.58. The molecular formula is C6H6F2N2O4S. The fourth-order valence-corrected chi connectivity index (χ4v) is 1.85. The molecule has 0 unspecified atom stereocenters. The Labute approximate surface area is 82.4 Å². The number of alkyl halides is 2. The molecule has 6 nitrogen and oxygen atoms in total. The van der Waals surface area contributed by atoms with Crippen LogP contribution in [0.1, 0.15) is 12.0 Å². The van der Waals surface area contributed by atoms with Crippen molar-refractivity contribution in [2.24, 2.45) is 5.14 Å². The molecule has 1 aromatic heterocycles. The Kier molecular flexibility index (Phi) is 2.77. The van der Waals surface area contributed by atoms with Gasteiger partial charge in [-0.05, 0) is 0 Å². The first-order chi connectivity index (χ1) is 6.75. The number of halogens is 2.